The third kappa shape index (κ3) is 2.90. The van der Waals surface area contributed by atoms with E-state index in [1.165, 1.54) is 24.4 Å². The van der Waals surface area contributed by atoms with Crippen molar-refractivity contribution in [2.45, 2.75) is 18.1 Å². The van der Waals surface area contributed by atoms with Gasteiger partial charge in [0.2, 0.25) is 0 Å². The zero-order chi connectivity index (χ0) is 13.0. The van der Waals surface area contributed by atoms with E-state index in [-0.39, 0.29) is 11.3 Å². The molecule has 94 valence electrons. The number of aromatic nitrogens is 1. The molecule has 1 aromatic heterocycles. The maximum Gasteiger partial charge on any atom is 0.289 e. The van der Waals surface area contributed by atoms with E-state index in [0.29, 0.717) is 11.1 Å². The van der Waals surface area contributed by atoms with Gasteiger partial charge in [0.1, 0.15) is 23.6 Å². The second-order valence-corrected chi connectivity index (χ2v) is 5.38. The van der Waals surface area contributed by atoms with Gasteiger partial charge >= 0.3 is 0 Å². The molecule has 6 nitrogen and oxygen atoms in total. The second kappa shape index (κ2) is 5.69. The molecule has 1 aliphatic rings. The number of hydrogen-bond donors (Lipinski definition) is 1. The van der Waals surface area contributed by atoms with Crippen LogP contribution in [0.15, 0.2) is 12.3 Å². The van der Waals surface area contributed by atoms with Crippen molar-refractivity contribution in [1.29, 1.82) is 5.26 Å². The van der Waals surface area contributed by atoms with Gasteiger partial charge < -0.3 is 5.32 Å². The number of hydrogen-bond acceptors (Lipinski definition) is 6. The molecule has 1 N–H and O–H groups in total. The first kappa shape index (κ1) is 12.6. The molecular weight excluding hydrogens is 252 g/mol. The van der Waals surface area contributed by atoms with Crippen molar-refractivity contribution >= 4 is 23.3 Å². The third-order valence-electron chi connectivity index (χ3n) is 2.73. The molecule has 7 heteroatoms. The lowest BCUT2D eigenvalue weighted by Gasteiger charge is -2.11. The Morgan fingerprint density at radius 3 is 3.17 bits per heavy atom. The van der Waals surface area contributed by atoms with Crippen LogP contribution < -0.4 is 5.32 Å². The molecule has 0 amide bonds. The van der Waals surface area contributed by atoms with Crippen LogP contribution in [-0.2, 0) is 0 Å². The van der Waals surface area contributed by atoms with Gasteiger partial charge in [-0.25, -0.2) is 4.98 Å². The highest BCUT2D eigenvalue weighted by atomic mass is 32.2. The minimum atomic E-state index is -0.551. The predicted molar refractivity (Wildman–Crippen MR) is 69.6 cm³/mol. The van der Waals surface area contributed by atoms with Gasteiger partial charge in [0, 0.05) is 17.9 Å². The van der Waals surface area contributed by atoms with Crippen molar-refractivity contribution in [3.63, 3.8) is 0 Å². The van der Waals surface area contributed by atoms with Crippen LogP contribution in [0.4, 0.5) is 11.5 Å². The number of anilines is 1. The van der Waals surface area contributed by atoms with Crippen molar-refractivity contribution in [2.24, 2.45) is 0 Å². The van der Waals surface area contributed by atoms with E-state index in [1.54, 1.807) is 0 Å². The Balaban J connectivity index is 2.07. The molecule has 0 spiro atoms. The fourth-order valence-corrected chi connectivity index (χ4v) is 3.00. The Morgan fingerprint density at radius 2 is 2.56 bits per heavy atom. The molecule has 0 aromatic carbocycles. The summed E-state index contributed by atoms with van der Waals surface area (Å²) >= 11 is 1.90. The molecule has 1 aromatic rings. The van der Waals surface area contributed by atoms with E-state index >= 15 is 0 Å². The molecule has 0 bridgehead atoms. The van der Waals surface area contributed by atoms with Gasteiger partial charge in [-0.2, -0.15) is 17.0 Å². The van der Waals surface area contributed by atoms with E-state index in [1.807, 2.05) is 17.8 Å². The minimum absolute atomic E-state index is 0.160. The van der Waals surface area contributed by atoms with Gasteiger partial charge in [0.05, 0.1) is 4.92 Å². The van der Waals surface area contributed by atoms with E-state index in [2.05, 4.69) is 10.3 Å². The molecule has 1 fully saturated rings. The number of nitriles is 1. The Bertz CT molecular complexity index is 494. The molecule has 0 radical (unpaired) electrons. The number of nitrogens with zero attached hydrogens (tertiary/aromatic N) is 3. The first-order valence-corrected chi connectivity index (χ1v) is 6.65. The van der Waals surface area contributed by atoms with Crippen molar-refractivity contribution in [3.8, 4) is 6.07 Å². The average Bonchev–Trinajstić information content (AvgIpc) is 2.89. The topological polar surface area (TPSA) is 91.8 Å². The number of rotatable bonds is 4. The van der Waals surface area contributed by atoms with Crippen LogP contribution in [0, 0.1) is 21.4 Å². The fraction of sp³-hybridized carbons (Fsp3) is 0.455. The van der Waals surface area contributed by atoms with Crippen LogP contribution in [0.3, 0.4) is 0 Å². The van der Waals surface area contributed by atoms with Gasteiger partial charge in [-0.3, -0.25) is 10.1 Å². The number of thioether (sulfide) groups is 1. The van der Waals surface area contributed by atoms with Crippen molar-refractivity contribution < 1.29 is 4.92 Å². The Kier molecular flexibility index (Phi) is 3.99. The molecule has 18 heavy (non-hydrogen) atoms. The van der Waals surface area contributed by atoms with Crippen LogP contribution in [0.1, 0.15) is 18.4 Å². The lowest BCUT2D eigenvalue weighted by molar-refractivity contribution is -0.385. The summed E-state index contributed by atoms with van der Waals surface area (Å²) < 4.78 is 0. The summed E-state index contributed by atoms with van der Waals surface area (Å²) in [5.41, 5.74) is 0.0551. The predicted octanol–water partition coefficient (Wildman–Crippen LogP) is 2.17. The summed E-state index contributed by atoms with van der Waals surface area (Å²) in [5, 5.41) is 23.2. The maximum absolute atomic E-state index is 10.6. The second-order valence-electron chi connectivity index (χ2n) is 3.97. The Labute approximate surface area is 109 Å². The summed E-state index contributed by atoms with van der Waals surface area (Å²) in [7, 11) is 0. The Morgan fingerprint density at radius 1 is 1.72 bits per heavy atom. The van der Waals surface area contributed by atoms with Gasteiger partial charge in [0.15, 0.2) is 0 Å². The van der Waals surface area contributed by atoms with Crippen LogP contribution in [0.5, 0.6) is 0 Å². The fourth-order valence-electron chi connectivity index (χ4n) is 1.80. The van der Waals surface area contributed by atoms with Gasteiger partial charge in [-0.1, -0.05) is 0 Å². The number of nitro groups is 1. The highest BCUT2D eigenvalue weighted by Gasteiger charge is 2.17. The van der Waals surface area contributed by atoms with Crippen molar-refractivity contribution in [2.75, 3.05) is 17.6 Å². The molecule has 0 aliphatic carbocycles. The molecule has 0 saturated carbocycles. The summed E-state index contributed by atoms with van der Waals surface area (Å²) in [6, 6.07) is 3.18. The van der Waals surface area contributed by atoms with Crippen LogP contribution in [0.25, 0.3) is 0 Å². The van der Waals surface area contributed by atoms with Gasteiger partial charge in [-0.15, -0.1) is 0 Å². The normalized spacial score (nSPS) is 18.3. The minimum Gasteiger partial charge on any atom is -0.368 e. The highest BCUT2D eigenvalue weighted by Crippen LogP contribution is 2.26. The molecular formula is C11H12N4O2S. The number of nitrogens with one attached hydrogen (secondary N) is 1. The Hall–Kier alpha value is -1.81. The van der Waals surface area contributed by atoms with Gasteiger partial charge in [-0.05, 0) is 18.6 Å². The van der Waals surface area contributed by atoms with E-state index in [4.69, 9.17) is 5.26 Å². The summed E-state index contributed by atoms with van der Waals surface area (Å²) in [6.45, 7) is 0.740. The molecule has 1 atom stereocenters. The largest absolute Gasteiger partial charge is 0.368 e. The average molecular weight is 264 g/mol. The molecule has 1 aliphatic heterocycles. The van der Waals surface area contributed by atoms with E-state index in [9.17, 15) is 10.1 Å². The molecule has 2 heterocycles. The van der Waals surface area contributed by atoms with E-state index in [0.717, 1.165) is 13.0 Å². The standard InChI is InChI=1S/C11H12N4O2S/c12-5-8-4-9(15(16)17)6-13-11(8)14-7-10-2-1-3-18-10/h4,6,10H,1-3,7H2,(H,13,14). The van der Waals surface area contributed by atoms with Crippen molar-refractivity contribution in [1.82, 2.24) is 4.98 Å². The van der Waals surface area contributed by atoms with Crippen LogP contribution in [0.2, 0.25) is 0 Å². The van der Waals surface area contributed by atoms with Crippen LogP contribution >= 0.6 is 11.8 Å². The van der Waals surface area contributed by atoms with Crippen molar-refractivity contribution in [3.05, 3.63) is 27.9 Å². The highest BCUT2D eigenvalue weighted by molar-refractivity contribution is 8.00. The molecule has 1 saturated heterocycles. The zero-order valence-corrected chi connectivity index (χ0v) is 10.4. The first-order valence-electron chi connectivity index (χ1n) is 5.60. The zero-order valence-electron chi connectivity index (χ0n) is 9.63. The van der Waals surface area contributed by atoms with E-state index < -0.39 is 4.92 Å². The summed E-state index contributed by atoms with van der Waals surface area (Å²) in [5.74, 6) is 1.60. The monoisotopic (exact) mass is 264 g/mol. The van der Waals surface area contributed by atoms with Gasteiger partial charge in [0.25, 0.3) is 5.69 Å². The summed E-state index contributed by atoms with van der Waals surface area (Å²) in [4.78, 5) is 14.0. The smallest absolute Gasteiger partial charge is 0.289 e. The SMILES string of the molecule is N#Cc1cc([N+](=O)[O-])cnc1NCC1CCCS1. The lowest BCUT2D eigenvalue weighted by atomic mass is 10.2. The number of pyridine rings is 1. The van der Waals surface area contributed by atoms with Crippen LogP contribution in [-0.4, -0.2) is 27.5 Å². The first-order chi connectivity index (χ1) is 8.70. The lowest BCUT2D eigenvalue weighted by Crippen LogP contribution is -2.15. The quantitative estimate of drug-likeness (QED) is 0.661. The molecule has 1 unspecified atom stereocenters. The maximum atomic E-state index is 10.6. The third-order valence-corrected chi connectivity index (χ3v) is 4.12. The molecule has 2 rings (SSSR count). The summed E-state index contributed by atoms with van der Waals surface area (Å²) in [6.07, 6.45) is 3.55.